The molecule has 1 aromatic carbocycles. The Bertz CT molecular complexity index is 448. The number of rotatable bonds is 4. The average molecular weight is 301 g/mol. The number of amides is 1. The summed E-state index contributed by atoms with van der Waals surface area (Å²) in [7, 11) is 1.64. The number of benzene rings is 1. The molecule has 5 nitrogen and oxygen atoms in total. The van der Waals surface area contributed by atoms with Gasteiger partial charge in [0.1, 0.15) is 11.8 Å². The lowest BCUT2D eigenvalue weighted by Gasteiger charge is -2.23. The van der Waals surface area contributed by atoms with Gasteiger partial charge in [0.05, 0.1) is 20.3 Å². The Morgan fingerprint density at radius 1 is 1.55 bits per heavy atom. The molecule has 112 valence electrons. The Morgan fingerprint density at radius 3 is 3.00 bits per heavy atom. The Labute approximate surface area is 125 Å². The Kier molecular flexibility index (Phi) is 6.78. The largest absolute Gasteiger partial charge is 0.496 e. The highest BCUT2D eigenvalue weighted by atomic mass is 35.5. The Morgan fingerprint density at radius 2 is 2.35 bits per heavy atom. The molecule has 0 spiro atoms. The molecule has 1 aliphatic rings. The zero-order chi connectivity index (χ0) is 13.7. The lowest BCUT2D eigenvalue weighted by Crippen LogP contribution is -2.51. The standard InChI is InChI=1S/C14H20N2O3.ClH/c1-10-3-4-11(13(7-10)18-2)8-16-14(17)12-9-19-6-5-15-12;/h3-4,7,12,15H,5-6,8-9H2,1-2H3,(H,16,17);1H. The zero-order valence-corrected chi connectivity index (χ0v) is 12.6. The maximum atomic E-state index is 11.9. The van der Waals surface area contributed by atoms with E-state index in [4.69, 9.17) is 9.47 Å². The van der Waals surface area contributed by atoms with Gasteiger partial charge in [0.15, 0.2) is 0 Å². The van der Waals surface area contributed by atoms with Gasteiger partial charge in [-0.15, -0.1) is 12.4 Å². The van der Waals surface area contributed by atoms with E-state index in [-0.39, 0.29) is 24.4 Å². The van der Waals surface area contributed by atoms with E-state index in [0.717, 1.165) is 16.9 Å². The third-order valence-corrected chi connectivity index (χ3v) is 3.13. The van der Waals surface area contributed by atoms with Crippen molar-refractivity contribution in [2.75, 3.05) is 26.9 Å². The molecule has 1 saturated heterocycles. The molecule has 1 aliphatic heterocycles. The van der Waals surface area contributed by atoms with Crippen molar-refractivity contribution in [1.29, 1.82) is 0 Å². The molecule has 0 bridgehead atoms. The first kappa shape index (κ1) is 16.8. The molecule has 1 fully saturated rings. The fraction of sp³-hybridized carbons (Fsp3) is 0.500. The van der Waals surface area contributed by atoms with Crippen LogP contribution in [0.3, 0.4) is 0 Å². The van der Waals surface area contributed by atoms with Crippen molar-refractivity contribution in [3.63, 3.8) is 0 Å². The molecule has 1 unspecified atom stereocenters. The molecule has 2 rings (SSSR count). The van der Waals surface area contributed by atoms with Gasteiger partial charge in [0.25, 0.3) is 0 Å². The van der Waals surface area contributed by atoms with Crippen molar-refractivity contribution < 1.29 is 14.3 Å². The summed E-state index contributed by atoms with van der Waals surface area (Å²) in [5.74, 6) is 0.760. The van der Waals surface area contributed by atoms with Crippen molar-refractivity contribution >= 4 is 18.3 Å². The van der Waals surface area contributed by atoms with Crippen LogP contribution in [0.4, 0.5) is 0 Å². The van der Waals surface area contributed by atoms with E-state index < -0.39 is 0 Å². The minimum atomic E-state index is -0.259. The predicted octanol–water partition coefficient (Wildman–Crippen LogP) is 1.03. The van der Waals surface area contributed by atoms with E-state index in [1.807, 2.05) is 25.1 Å². The summed E-state index contributed by atoms with van der Waals surface area (Å²) < 4.78 is 10.6. The van der Waals surface area contributed by atoms with Gasteiger partial charge in [0.2, 0.25) is 5.91 Å². The van der Waals surface area contributed by atoms with Crippen molar-refractivity contribution in [3.8, 4) is 5.75 Å². The van der Waals surface area contributed by atoms with E-state index in [1.165, 1.54) is 0 Å². The number of ether oxygens (including phenoxy) is 2. The molecular weight excluding hydrogens is 280 g/mol. The van der Waals surface area contributed by atoms with Crippen molar-refractivity contribution in [2.45, 2.75) is 19.5 Å². The number of methoxy groups -OCH3 is 1. The Balaban J connectivity index is 0.00000200. The highest BCUT2D eigenvalue weighted by Gasteiger charge is 2.20. The van der Waals surface area contributed by atoms with Crippen LogP contribution in [0.5, 0.6) is 5.75 Å². The smallest absolute Gasteiger partial charge is 0.239 e. The van der Waals surface area contributed by atoms with Crippen LogP contribution in [-0.2, 0) is 16.1 Å². The van der Waals surface area contributed by atoms with Crippen LogP contribution >= 0.6 is 12.4 Å². The molecule has 0 aromatic heterocycles. The molecule has 1 amide bonds. The van der Waals surface area contributed by atoms with Gasteiger partial charge in [-0.2, -0.15) is 0 Å². The molecule has 1 heterocycles. The number of carbonyl (C=O) groups excluding carboxylic acids is 1. The van der Waals surface area contributed by atoms with Gasteiger partial charge >= 0.3 is 0 Å². The normalized spacial score (nSPS) is 18.0. The fourth-order valence-corrected chi connectivity index (χ4v) is 2.04. The van der Waals surface area contributed by atoms with E-state index in [1.54, 1.807) is 7.11 Å². The van der Waals surface area contributed by atoms with Crippen LogP contribution in [0.25, 0.3) is 0 Å². The minimum Gasteiger partial charge on any atom is -0.496 e. The highest BCUT2D eigenvalue weighted by Crippen LogP contribution is 2.19. The summed E-state index contributed by atoms with van der Waals surface area (Å²) in [5.41, 5.74) is 2.10. The first-order valence-electron chi connectivity index (χ1n) is 6.43. The van der Waals surface area contributed by atoms with Crippen LogP contribution < -0.4 is 15.4 Å². The highest BCUT2D eigenvalue weighted by molar-refractivity contribution is 5.85. The molecule has 0 aliphatic carbocycles. The number of hydrogen-bond donors (Lipinski definition) is 2. The molecule has 1 atom stereocenters. The van der Waals surface area contributed by atoms with Crippen LogP contribution in [-0.4, -0.2) is 38.8 Å². The second-order valence-corrected chi connectivity index (χ2v) is 4.61. The third-order valence-electron chi connectivity index (χ3n) is 3.13. The Hall–Kier alpha value is -1.30. The van der Waals surface area contributed by atoms with Gasteiger partial charge in [0, 0.05) is 18.7 Å². The van der Waals surface area contributed by atoms with Gasteiger partial charge in [-0.25, -0.2) is 0 Å². The van der Waals surface area contributed by atoms with Gasteiger partial charge in [-0.3, -0.25) is 4.79 Å². The predicted molar refractivity (Wildman–Crippen MR) is 79.4 cm³/mol. The maximum Gasteiger partial charge on any atom is 0.239 e. The summed E-state index contributed by atoms with van der Waals surface area (Å²) >= 11 is 0. The number of halogens is 1. The summed E-state index contributed by atoms with van der Waals surface area (Å²) in [5, 5.41) is 6.03. The van der Waals surface area contributed by atoms with E-state index >= 15 is 0 Å². The molecule has 0 saturated carbocycles. The quantitative estimate of drug-likeness (QED) is 0.872. The van der Waals surface area contributed by atoms with Gasteiger partial charge < -0.3 is 20.1 Å². The summed E-state index contributed by atoms with van der Waals surface area (Å²) in [6.07, 6.45) is 0. The van der Waals surface area contributed by atoms with Crippen molar-refractivity contribution in [1.82, 2.24) is 10.6 Å². The van der Waals surface area contributed by atoms with Crippen LogP contribution in [0.2, 0.25) is 0 Å². The zero-order valence-electron chi connectivity index (χ0n) is 11.8. The monoisotopic (exact) mass is 300 g/mol. The first-order valence-corrected chi connectivity index (χ1v) is 6.43. The minimum absolute atomic E-state index is 0. The number of nitrogens with one attached hydrogen (secondary N) is 2. The van der Waals surface area contributed by atoms with E-state index in [2.05, 4.69) is 10.6 Å². The van der Waals surface area contributed by atoms with E-state index in [9.17, 15) is 4.79 Å². The van der Waals surface area contributed by atoms with Crippen LogP contribution in [0.15, 0.2) is 18.2 Å². The second-order valence-electron chi connectivity index (χ2n) is 4.61. The van der Waals surface area contributed by atoms with Crippen LogP contribution in [0, 0.1) is 6.92 Å². The SMILES string of the molecule is COc1cc(C)ccc1CNC(=O)C1COCCN1.Cl. The second kappa shape index (κ2) is 8.09. The first-order chi connectivity index (χ1) is 9.20. The number of hydrogen-bond acceptors (Lipinski definition) is 4. The summed E-state index contributed by atoms with van der Waals surface area (Å²) in [6.45, 7) is 4.27. The van der Waals surface area contributed by atoms with Gasteiger partial charge in [-0.05, 0) is 18.6 Å². The molecular formula is C14H21ClN2O3. The molecule has 1 aromatic rings. The average Bonchev–Trinajstić information content (AvgIpc) is 2.46. The van der Waals surface area contributed by atoms with Crippen molar-refractivity contribution in [2.24, 2.45) is 0 Å². The van der Waals surface area contributed by atoms with E-state index in [0.29, 0.717) is 26.3 Å². The number of carbonyl (C=O) groups is 1. The lowest BCUT2D eigenvalue weighted by molar-refractivity contribution is -0.126. The fourth-order valence-electron chi connectivity index (χ4n) is 2.04. The van der Waals surface area contributed by atoms with Crippen LogP contribution in [0.1, 0.15) is 11.1 Å². The number of aryl methyl sites for hydroxylation is 1. The topological polar surface area (TPSA) is 59.6 Å². The maximum absolute atomic E-state index is 11.9. The summed E-state index contributed by atoms with van der Waals surface area (Å²) in [4.78, 5) is 11.9. The summed E-state index contributed by atoms with van der Waals surface area (Å²) in [6, 6.07) is 5.68. The third kappa shape index (κ3) is 4.37. The number of morpholine rings is 1. The van der Waals surface area contributed by atoms with Gasteiger partial charge in [-0.1, -0.05) is 12.1 Å². The molecule has 0 radical (unpaired) electrons. The molecule has 6 heteroatoms. The molecule has 2 N–H and O–H groups in total. The lowest BCUT2D eigenvalue weighted by atomic mass is 10.1. The molecule has 20 heavy (non-hydrogen) atoms. The van der Waals surface area contributed by atoms with Crippen molar-refractivity contribution in [3.05, 3.63) is 29.3 Å².